The number of rotatable bonds is 6. The fourth-order valence-corrected chi connectivity index (χ4v) is 4.32. The molecular weight excluding hydrogens is 350 g/mol. The Morgan fingerprint density at radius 1 is 1.14 bits per heavy atom. The second kappa shape index (κ2) is 8.78. The Kier molecular flexibility index (Phi) is 6.40. The molecule has 0 amide bonds. The number of piperidine rings is 1. The van der Waals surface area contributed by atoms with Crippen molar-refractivity contribution in [3.63, 3.8) is 0 Å². The summed E-state index contributed by atoms with van der Waals surface area (Å²) in [6, 6.07) is 17.9. The van der Waals surface area contributed by atoms with E-state index >= 15 is 0 Å². The highest BCUT2D eigenvalue weighted by molar-refractivity contribution is 5.73. The van der Waals surface area contributed by atoms with E-state index in [0.717, 1.165) is 31.5 Å². The molecule has 1 heterocycles. The van der Waals surface area contributed by atoms with Gasteiger partial charge in [-0.1, -0.05) is 49.4 Å². The molecule has 2 aromatic rings. The molecule has 0 saturated carbocycles. The van der Waals surface area contributed by atoms with E-state index in [4.69, 9.17) is 4.74 Å². The number of nitrogens with zero attached hydrogens (tertiary/aromatic N) is 1. The van der Waals surface area contributed by atoms with Gasteiger partial charge in [0, 0.05) is 6.04 Å². The molecule has 1 aliphatic heterocycles. The van der Waals surface area contributed by atoms with Gasteiger partial charge in [0.2, 0.25) is 0 Å². The summed E-state index contributed by atoms with van der Waals surface area (Å²) in [6.07, 6.45) is 2.69. The quantitative estimate of drug-likeness (QED) is 0.763. The maximum atomic E-state index is 12.5. The lowest BCUT2D eigenvalue weighted by atomic mass is 9.74. The number of hydrogen-bond acceptors (Lipinski definition) is 4. The predicted octanol–water partition coefficient (Wildman–Crippen LogP) is 4.17. The van der Waals surface area contributed by atoms with Gasteiger partial charge >= 0.3 is 5.97 Å². The lowest BCUT2D eigenvalue weighted by Gasteiger charge is -2.43. The van der Waals surface area contributed by atoms with Gasteiger partial charge in [-0.25, -0.2) is 0 Å². The van der Waals surface area contributed by atoms with Crippen molar-refractivity contribution >= 4 is 5.97 Å². The van der Waals surface area contributed by atoms with Crippen molar-refractivity contribution < 1.29 is 14.6 Å². The first kappa shape index (κ1) is 20.4. The van der Waals surface area contributed by atoms with Gasteiger partial charge in [0.1, 0.15) is 5.75 Å². The zero-order chi connectivity index (χ0) is 20.1. The van der Waals surface area contributed by atoms with E-state index in [2.05, 4.69) is 36.9 Å². The van der Waals surface area contributed by atoms with E-state index in [-0.39, 0.29) is 23.3 Å². The molecule has 1 saturated heterocycles. The first-order valence-corrected chi connectivity index (χ1v) is 10.1. The van der Waals surface area contributed by atoms with Crippen LogP contribution in [0, 0.1) is 5.92 Å². The second-order valence-electron chi connectivity index (χ2n) is 8.21. The molecule has 4 heteroatoms. The summed E-state index contributed by atoms with van der Waals surface area (Å²) in [5.74, 6) is -0.00154. The molecule has 0 unspecified atom stereocenters. The van der Waals surface area contributed by atoms with E-state index in [1.807, 2.05) is 30.3 Å². The van der Waals surface area contributed by atoms with Crippen LogP contribution >= 0.6 is 0 Å². The van der Waals surface area contributed by atoms with Crippen LogP contribution in [0.25, 0.3) is 0 Å². The monoisotopic (exact) mass is 381 g/mol. The standard InChI is InChI=1S/C24H31NO3/c1-18(22(23(27)28-3)16-19-8-5-4-6-9-19)25-14-12-24(2,13-15-25)20-10-7-11-21(26)17-20/h4-11,17-18,22,26H,12-16H2,1-3H3/t18-,22+/m1/s1. The van der Waals surface area contributed by atoms with Crippen LogP contribution in [-0.4, -0.2) is 42.2 Å². The predicted molar refractivity (Wildman–Crippen MR) is 111 cm³/mol. The topological polar surface area (TPSA) is 49.8 Å². The summed E-state index contributed by atoms with van der Waals surface area (Å²) in [5, 5.41) is 9.84. The third-order valence-corrected chi connectivity index (χ3v) is 6.41. The van der Waals surface area contributed by atoms with Crippen LogP contribution in [0.15, 0.2) is 54.6 Å². The van der Waals surface area contributed by atoms with Crippen molar-refractivity contribution in [2.24, 2.45) is 5.92 Å². The van der Waals surface area contributed by atoms with Crippen LogP contribution in [0.4, 0.5) is 0 Å². The van der Waals surface area contributed by atoms with Crippen molar-refractivity contribution in [3.05, 3.63) is 65.7 Å². The van der Waals surface area contributed by atoms with Gasteiger partial charge in [-0.3, -0.25) is 9.69 Å². The first-order valence-electron chi connectivity index (χ1n) is 10.1. The maximum absolute atomic E-state index is 12.5. The van der Waals surface area contributed by atoms with Crippen molar-refractivity contribution in [3.8, 4) is 5.75 Å². The SMILES string of the molecule is COC(=O)[C@@H](Cc1ccccc1)[C@@H](C)N1CCC(C)(c2cccc(O)c2)CC1. The van der Waals surface area contributed by atoms with Crippen LogP contribution in [-0.2, 0) is 21.4 Å². The van der Waals surface area contributed by atoms with Crippen LogP contribution in [0.1, 0.15) is 37.8 Å². The van der Waals surface area contributed by atoms with E-state index in [0.29, 0.717) is 12.2 Å². The average molecular weight is 382 g/mol. The van der Waals surface area contributed by atoms with Gasteiger partial charge < -0.3 is 9.84 Å². The van der Waals surface area contributed by atoms with E-state index in [1.54, 1.807) is 6.07 Å². The molecule has 0 radical (unpaired) electrons. The third kappa shape index (κ3) is 4.56. The Balaban J connectivity index is 1.69. The number of benzene rings is 2. The van der Waals surface area contributed by atoms with Crippen molar-refractivity contribution in [2.75, 3.05) is 20.2 Å². The molecule has 28 heavy (non-hydrogen) atoms. The number of ether oxygens (including phenoxy) is 1. The fourth-order valence-electron chi connectivity index (χ4n) is 4.32. The summed E-state index contributed by atoms with van der Waals surface area (Å²) in [6.45, 7) is 6.26. The minimum atomic E-state index is -0.183. The van der Waals surface area contributed by atoms with Gasteiger partial charge in [-0.15, -0.1) is 0 Å². The first-order chi connectivity index (χ1) is 13.4. The van der Waals surface area contributed by atoms with Gasteiger partial charge in [0.15, 0.2) is 0 Å². The summed E-state index contributed by atoms with van der Waals surface area (Å²) < 4.78 is 5.13. The molecule has 0 bridgehead atoms. The number of likely N-dealkylation sites (tertiary alicyclic amines) is 1. The molecule has 2 atom stereocenters. The molecular formula is C24H31NO3. The molecule has 1 fully saturated rings. The van der Waals surface area contributed by atoms with Crippen molar-refractivity contribution in [2.45, 2.75) is 44.6 Å². The summed E-state index contributed by atoms with van der Waals surface area (Å²) in [4.78, 5) is 14.9. The van der Waals surface area contributed by atoms with Crippen molar-refractivity contribution in [1.29, 1.82) is 0 Å². The lowest BCUT2D eigenvalue weighted by Crippen LogP contribution is -2.49. The minimum absolute atomic E-state index is 0.0507. The van der Waals surface area contributed by atoms with Crippen LogP contribution < -0.4 is 0 Å². The molecule has 4 nitrogen and oxygen atoms in total. The van der Waals surface area contributed by atoms with Gasteiger partial charge in [-0.05, 0) is 68.0 Å². The van der Waals surface area contributed by atoms with Crippen LogP contribution in [0.2, 0.25) is 0 Å². The minimum Gasteiger partial charge on any atom is -0.508 e. The summed E-state index contributed by atoms with van der Waals surface area (Å²) in [5.41, 5.74) is 2.40. The summed E-state index contributed by atoms with van der Waals surface area (Å²) >= 11 is 0. The Morgan fingerprint density at radius 3 is 2.43 bits per heavy atom. The number of methoxy groups -OCH3 is 1. The highest BCUT2D eigenvalue weighted by Crippen LogP contribution is 2.37. The largest absolute Gasteiger partial charge is 0.508 e. The molecule has 0 spiro atoms. The third-order valence-electron chi connectivity index (χ3n) is 6.41. The molecule has 1 N–H and O–H groups in total. The molecule has 0 aromatic heterocycles. The number of phenolic OH excluding ortho intramolecular Hbond substituents is 1. The second-order valence-corrected chi connectivity index (χ2v) is 8.21. The highest BCUT2D eigenvalue weighted by Gasteiger charge is 2.37. The van der Waals surface area contributed by atoms with E-state index in [1.165, 1.54) is 12.7 Å². The number of aromatic hydroxyl groups is 1. The lowest BCUT2D eigenvalue weighted by molar-refractivity contribution is -0.148. The fraction of sp³-hybridized carbons (Fsp3) is 0.458. The number of phenols is 1. The van der Waals surface area contributed by atoms with Gasteiger partial charge in [0.25, 0.3) is 0 Å². The van der Waals surface area contributed by atoms with Gasteiger partial charge in [-0.2, -0.15) is 0 Å². The molecule has 3 rings (SSSR count). The highest BCUT2D eigenvalue weighted by atomic mass is 16.5. The number of carbonyl (C=O) groups is 1. The number of hydrogen-bond donors (Lipinski definition) is 1. The number of carbonyl (C=O) groups excluding carboxylic acids is 1. The average Bonchev–Trinajstić information content (AvgIpc) is 2.72. The van der Waals surface area contributed by atoms with Crippen LogP contribution in [0.5, 0.6) is 5.75 Å². The number of esters is 1. The normalized spacial score (nSPS) is 19.0. The molecule has 0 aliphatic carbocycles. The Labute approximate surface area is 168 Å². The Morgan fingerprint density at radius 2 is 1.82 bits per heavy atom. The Hall–Kier alpha value is -2.33. The molecule has 150 valence electrons. The molecule has 2 aromatic carbocycles. The smallest absolute Gasteiger partial charge is 0.310 e. The van der Waals surface area contributed by atoms with Crippen molar-refractivity contribution in [1.82, 2.24) is 4.90 Å². The summed E-state index contributed by atoms with van der Waals surface area (Å²) in [7, 11) is 1.47. The maximum Gasteiger partial charge on any atom is 0.310 e. The molecule has 1 aliphatic rings. The van der Waals surface area contributed by atoms with Crippen LogP contribution in [0.3, 0.4) is 0 Å². The van der Waals surface area contributed by atoms with Gasteiger partial charge in [0.05, 0.1) is 13.0 Å². The Bertz CT molecular complexity index is 781. The zero-order valence-electron chi connectivity index (χ0n) is 17.1. The van der Waals surface area contributed by atoms with E-state index < -0.39 is 0 Å². The zero-order valence-corrected chi connectivity index (χ0v) is 17.1. The van der Waals surface area contributed by atoms with E-state index in [9.17, 15) is 9.90 Å².